The average Bonchev–Trinajstić information content (AvgIpc) is 2.90. The number of imidazole rings is 1. The van der Waals surface area contributed by atoms with Crippen LogP contribution in [-0.2, 0) is 5.54 Å². The number of carbonyl (C=O) groups excluding carboxylic acids is 1. The molecule has 3 heteroatoms. The Morgan fingerprint density at radius 2 is 1.71 bits per heavy atom. The fourth-order valence-electron chi connectivity index (χ4n) is 2.44. The van der Waals surface area contributed by atoms with E-state index in [1.54, 1.807) is 0 Å². The number of ketones is 1. The SMILES string of the molecule is CC(C)(C)n1cnc2ccc(C(=O)c3ccccc3)cc21. The highest BCUT2D eigenvalue weighted by atomic mass is 16.1. The van der Waals surface area contributed by atoms with Gasteiger partial charge in [-0.1, -0.05) is 30.3 Å². The molecule has 3 rings (SSSR count). The van der Waals surface area contributed by atoms with Crippen molar-refractivity contribution in [2.45, 2.75) is 26.3 Å². The fraction of sp³-hybridized carbons (Fsp3) is 0.222. The van der Waals surface area contributed by atoms with Crippen molar-refractivity contribution >= 4 is 16.8 Å². The Hall–Kier alpha value is -2.42. The number of fused-ring (bicyclic) bond motifs is 1. The van der Waals surface area contributed by atoms with Crippen molar-refractivity contribution in [2.75, 3.05) is 0 Å². The number of nitrogens with zero attached hydrogens (tertiary/aromatic N) is 2. The Bertz CT molecular complexity index is 795. The zero-order valence-corrected chi connectivity index (χ0v) is 12.5. The lowest BCUT2D eigenvalue weighted by atomic mass is 10.0. The standard InChI is InChI=1S/C18H18N2O/c1-18(2,3)20-12-19-15-10-9-14(11-16(15)20)17(21)13-7-5-4-6-8-13/h4-12H,1-3H3. The van der Waals surface area contributed by atoms with Gasteiger partial charge >= 0.3 is 0 Å². The largest absolute Gasteiger partial charge is 0.325 e. The van der Waals surface area contributed by atoms with Crippen LogP contribution in [0.25, 0.3) is 11.0 Å². The van der Waals surface area contributed by atoms with E-state index >= 15 is 0 Å². The van der Waals surface area contributed by atoms with Crippen molar-refractivity contribution in [1.29, 1.82) is 0 Å². The number of hydrogen-bond acceptors (Lipinski definition) is 2. The summed E-state index contributed by atoms with van der Waals surface area (Å²) in [5.41, 5.74) is 3.24. The van der Waals surface area contributed by atoms with Crippen LogP contribution in [0.3, 0.4) is 0 Å². The van der Waals surface area contributed by atoms with Crippen LogP contribution in [0.4, 0.5) is 0 Å². The van der Waals surface area contributed by atoms with Crippen LogP contribution in [0.15, 0.2) is 54.9 Å². The molecular weight excluding hydrogens is 260 g/mol. The molecule has 0 bridgehead atoms. The minimum atomic E-state index is -0.0663. The van der Waals surface area contributed by atoms with E-state index in [9.17, 15) is 4.79 Å². The van der Waals surface area contributed by atoms with Gasteiger partial charge in [-0.15, -0.1) is 0 Å². The van der Waals surface area contributed by atoms with Crippen LogP contribution in [-0.4, -0.2) is 15.3 Å². The molecule has 0 aliphatic rings. The van der Waals surface area contributed by atoms with Gasteiger partial charge in [0.15, 0.2) is 5.78 Å². The molecule has 1 heterocycles. The summed E-state index contributed by atoms with van der Waals surface area (Å²) in [4.78, 5) is 17.0. The molecule has 0 saturated carbocycles. The topological polar surface area (TPSA) is 34.9 Å². The Balaban J connectivity index is 2.11. The van der Waals surface area contributed by atoms with E-state index in [1.807, 2.05) is 54.9 Å². The van der Waals surface area contributed by atoms with Crippen molar-refractivity contribution in [1.82, 2.24) is 9.55 Å². The summed E-state index contributed by atoms with van der Waals surface area (Å²) in [6.07, 6.45) is 1.83. The summed E-state index contributed by atoms with van der Waals surface area (Å²) in [6.45, 7) is 6.37. The van der Waals surface area contributed by atoms with Crippen molar-refractivity contribution < 1.29 is 4.79 Å². The molecule has 1 aromatic heterocycles. The van der Waals surface area contributed by atoms with Gasteiger partial charge < -0.3 is 4.57 Å². The molecule has 3 aromatic rings. The number of aromatic nitrogens is 2. The van der Waals surface area contributed by atoms with Gasteiger partial charge in [0.05, 0.1) is 17.4 Å². The molecule has 0 unspecified atom stereocenters. The van der Waals surface area contributed by atoms with Crippen molar-refractivity contribution in [3.8, 4) is 0 Å². The molecule has 0 aliphatic carbocycles. The molecule has 0 aliphatic heterocycles. The van der Waals surface area contributed by atoms with E-state index in [0.29, 0.717) is 11.1 Å². The molecule has 0 N–H and O–H groups in total. The van der Waals surface area contributed by atoms with Crippen LogP contribution >= 0.6 is 0 Å². The van der Waals surface area contributed by atoms with Crippen LogP contribution in [0.1, 0.15) is 36.7 Å². The first-order chi connectivity index (χ1) is 9.97. The Morgan fingerprint density at radius 1 is 1.00 bits per heavy atom. The van der Waals surface area contributed by atoms with E-state index < -0.39 is 0 Å². The second-order valence-corrected chi connectivity index (χ2v) is 6.18. The molecule has 0 amide bonds. The predicted octanol–water partition coefficient (Wildman–Crippen LogP) is 4.02. The van der Waals surface area contributed by atoms with Gasteiger partial charge in [0.2, 0.25) is 0 Å². The third kappa shape index (κ3) is 2.47. The quantitative estimate of drug-likeness (QED) is 0.663. The Kier molecular flexibility index (Phi) is 3.13. The highest BCUT2D eigenvalue weighted by Crippen LogP contribution is 2.23. The minimum Gasteiger partial charge on any atom is -0.325 e. The zero-order valence-electron chi connectivity index (χ0n) is 12.5. The van der Waals surface area contributed by atoms with Crippen LogP contribution < -0.4 is 0 Å². The van der Waals surface area contributed by atoms with Crippen molar-refractivity contribution in [2.24, 2.45) is 0 Å². The normalized spacial score (nSPS) is 11.8. The van der Waals surface area contributed by atoms with Gasteiger partial charge in [0, 0.05) is 16.7 Å². The summed E-state index contributed by atoms with van der Waals surface area (Å²) < 4.78 is 2.10. The van der Waals surface area contributed by atoms with Gasteiger partial charge in [0.1, 0.15) is 0 Å². The van der Waals surface area contributed by atoms with Crippen LogP contribution in [0, 0.1) is 0 Å². The summed E-state index contributed by atoms with van der Waals surface area (Å²) >= 11 is 0. The summed E-state index contributed by atoms with van der Waals surface area (Å²) in [5.74, 6) is 0.0409. The third-order valence-corrected chi connectivity index (χ3v) is 3.57. The molecule has 2 aromatic carbocycles. The van der Waals surface area contributed by atoms with Crippen molar-refractivity contribution in [3.63, 3.8) is 0 Å². The Morgan fingerprint density at radius 3 is 2.38 bits per heavy atom. The lowest BCUT2D eigenvalue weighted by Gasteiger charge is -2.21. The molecule has 0 saturated heterocycles. The number of rotatable bonds is 2. The molecule has 3 nitrogen and oxygen atoms in total. The van der Waals surface area contributed by atoms with E-state index in [4.69, 9.17) is 0 Å². The molecule has 0 atom stereocenters. The average molecular weight is 278 g/mol. The second kappa shape index (κ2) is 4.85. The first kappa shape index (κ1) is 13.6. The fourth-order valence-corrected chi connectivity index (χ4v) is 2.44. The monoisotopic (exact) mass is 278 g/mol. The first-order valence-corrected chi connectivity index (χ1v) is 7.04. The third-order valence-electron chi connectivity index (χ3n) is 3.57. The highest BCUT2D eigenvalue weighted by Gasteiger charge is 2.17. The first-order valence-electron chi connectivity index (χ1n) is 7.04. The van der Waals surface area contributed by atoms with Gasteiger partial charge in [-0.05, 0) is 39.0 Å². The number of benzene rings is 2. The number of carbonyl (C=O) groups is 1. The van der Waals surface area contributed by atoms with Gasteiger partial charge in [-0.2, -0.15) is 0 Å². The van der Waals surface area contributed by atoms with E-state index in [0.717, 1.165) is 11.0 Å². The van der Waals surface area contributed by atoms with E-state index in [-0.39, 0.29) is 11.3 Å². The zero-order chi connectivity index (χ0) is 15.0. The highest BCUT2D eigenvalue weighted by molar-refractivity contribution is 6.10. The van der Waals surface area contributed by atoms with Crippen LogP contribution in [0.2, 0.25) is 0 Å². The summed E-state index contributed by atoms with van der Waals surface area (Å²) in [5, 5.41) is 0. The molecule has 0 radical (unpaired) electrons. The maximum atomic E-state index is 12.5. The van der Waals surface area contributed by atoms with Gasteiger partial charge in [-0.25, -0.2) is 4.98 Å². The number of hydrogen-bond donors (Lipinski definition) is 0. The predicted molar refractivity (Wildman–Crippen MR) is 84.6 cm³/mol. The Labute approximate surface area is 124 Å². The minimum absolute atomic E-state index is 0.0409. The summed E-state index contributed by atoms with van der Waals surface area (Å²) in [7, 11) is 0. The second-order valence-electron chi connectivity index (χ2n) is 6.18. The maximum Gasteiger partial charge on any atom is 0.193 e. The lowest BCUT2D eigenvalue weighted by Crippen LogP contribution is -2.20. The van der Waals surface area contributed by atoms with E-state index in [2.05, 4.69) is 30.3 Å². The molecule has 0 spiro atoms. The summed E-state index contributed by atoms with van der Waals surface area (Å²) in [6, 6.07) is 15.0. The smallest absolute Gasteiger partial charge is 0.193 e. The lowest BCUT2D eigenvalue weighted by molar-refractivity contribution is 0.103. The van der Waals surface area contributed by atoms with Crippen LogP contribution in [0.5, 0.6) is 0 Å². The van der Waals surface area contributed by atoms with E-state index in [1.165, 1.54) is 0 Å². The molecule has 21 heavy (non-hydrogen) atoms. The van der Waals surface area contributed by atoms with Crippen molar-refractivity contribution in [3.05, 3.63) is 66.0 Å². The molecule has 106 valence electrons. The maximum absolute atomic E-state index is 12.5. The van der Waals surface area contributed by atoms with Gasteiger partial charge in [0.25, 0.3) is 0 Å². The molecular formula is C18H18N2O. The van der Waals surface area contributed by atoms with Gasteiger partial charge in [-0.3, -0.25) is 4.79 Å². The molecule has 0 fully saturated rings.